The summed E-state index contributed by atoms with van der Waals surface area (Å²) in [6, 6.07) is 11.1. The SMILES string of the molecule is O=C(Nc1ccc([N+](=O)[O-])cc1Cl)C(=O)NC1(c2ccc(Br)cc2)CC1. The summed E-state index contributed by atoms with van der Waals surface area (Å²) >= 11 is 9.28. The van der Waals surface area contributed by atoms with Crippen molar-refractivity contribution in [3.05, 3.63) is 67.6 Å². The molecule has 2 amide bonds. The maximum atomic E-state index is 12.2. The molecule has 0 unspecified atom stereocenters. The molecule has 2 N–H and O–H groups in total. The summed E-state index contributed by atoms with van der Waals surface area (Å²) in [5, 5.41) is 15.8. The number of carbonyl (C=O) groups is 2. The van der Waals surface area contributed by atoms with Crippen LogP contribution in [-0.4, -0.2) is 16.7 Å². The lowest BCUT2D eigenvalue weighted by atomic mass is 10.1. The zero-order valence-corrected chi connectivity index (χ0v) is 15.6. The first kappa shape index (κ1) is 18.3. The second-order valence-corrected chi connectivity index (χ2v) is 7.24. The van der Waals surface area contributed by atoms with Gasteiger partial charge in [-0.25, -0.2) is 0 Å². The lowest BCUT2D eigenvalue weighted by Gasteiger charge is -2.18. The number of anilines is 1. The van der Waals surface area contributed by atoms with Gasteiger partial charge >= 0.3 is 11.8 Å². The van der Waals surface area contributed by atoms with Crippen molar-refractivity contribution in [3.8, 4) is 0 Å². The van der Waals surface area contributed by atoms with Gasteiger partial charge in [0.05, 0.1) is 21.2 Å². The van der Waals surface area contributed by atoms with Crippen LogP contribution in [0.3, 0.4) is 0 Å². The van der Waals surface area contributed by atoms with Gasteiger partial charge in [0.1, 0.15) is 0 Å². The smallest absolute Gasteiger partial charge is 0.313 e. The summed E-state index contributed by atoms with van der Waals surface area (Å²) in [7, 11) is 0. The molecule has 0 aromatic heterocycles. The number of benzene rings is 2. The number of nitrogens with one attached hydrogen (secondary N) is 2. The number of non-ortho nitro benzene ring substituents is 1. The Bertz CT molecular complexity index is 897. The minimum atomic E-state index is -0.885. The van der Waals surface area contributed by atoms with Crippen LogP contribution in [0.15, 0.2) is 46.9 Å². The Labute approximate surface area is 162 Å². The average Bonchev–Trinajstić information content (AvgIpc) is 3.37. The molecule has 1 aliphatic rings. The van der Waals surface area contributed by atoms with Crippen LogP contribution < -0.4 is 10.6 Å². The molecule has 134 valence electrons. The Balaban J connectivity index is 1.68. The molecule has 0 spiro atoms. The van der Waals surface area contributed by atoms with Crippen LogP contribution >= 0.6 is 27.5 Å². The standard InChI is InChI=1S/C17H13BrClN3O4/c18-11-3-1-10(2-4-11)17(7-8-17)21-16(24)15(23)20-14-6-5-12(22(25)26)9-13(14)19/h1-6,9H,7-8H2,(H,20,23)(H,21,24). The highest BCUT2D eigenvalue weighted by Crippen LogP contribution is 2.45. The Morgan fingerprint density at radius 2 is 1.77 bits per heavy atom. The number of nitro benzene ring substituents is 1. The molecule has 0 aliphatic heterocycles. The molecule has 0 heterocycles. The number of rotatable bonds is 4. The van der Waals surface area contributed by atoms with Gasteiger partial charge in [0.2, 0.25) is 0 Å². The molecule has 2 aromatic carbocycles. The van der Waals surface area contributed by atoms with Crippen molar-refractivity contribution in [2.24, 2.45) is 0 Å². The second kappa shape index (κ2) is 7.05. The van der Waals surface area contributed by atoms with Gasteiger partial charge in [-0.2, -0.15) is 0 Å². The highest BCUT2D eigenvalue weighted by molar-refractivity contribution is 9.10. The first-order chi connectivity index (χ1) is 12.3. The topological polar surface area (TPSA) is 101 Å². The molecular weight excluding hydrogens is 426 g/mol. The maximum Gasteiger partial charge on any atom is 0.313 e. The highest BCUT2D eigenvalue weighted by atomic mass is 79.9. The number of amides is 2. The monoisotopic (exact) mass is 437 g/mol. The molecule has 3 rings (SSSR count). The van der Waals surface area contributed by atoms with Gasteiger partial charge in [0.15, 0.2) is 0 Å². The van der Waals surface area contributed by atoms with E-state index in [1.807, 2.05) is 24.3 Å². The van der Waals surface area contributed by atoms with Crippen LogP contribution in [0, 0.1) is 10.1 Å². The first-order valence-corrected chi connectivity index (χ1v) is 8.81. The fourth-order valence-corrected chi connectivity index (χ4v) is 3.04. The van der Waals surface area contributed by atoms with Crippen molar-refractivity contribution >= 4 is 50.7 Å². The molecular formula is C17H13BrClN3O4. The lowest BCUT2D eigenvalue weighted by molar-refractivity contribution is -0.384. The zero-order chi connectivity index (χ0) is 18.9. The van der Waals surface area contributed by atoms with E-state index < -0.39 is 22.3 Å². The number of hydrogen-bond donors (Lipinski definition) is 2. The largest absolute Gasteiger partial charge is 0.338 e. The highest BCUT2D eigenvalue weighted by Gasteiger charge is 2.46. The van der Waals surface area contributed by atoms with E-state index in [9.17, 15) is 19.7 Å². The Kier molecular flexibility index (Phi) is 4.97. The fourth-order valence-electron chi connectivity index (χ4n) is 2.55. The Morgan fingerprint density at radius 3 is 2.31 bits per heavy atom. The normalized spacial score (nSPS) is 14.4. The molecule has 1 fully saturated rings. The minimum Gasteiger partial charge on any atom is -0.338 e. The van der Waals surface area contributed by atoms with E-state index in [1.54, 1.807) is 0 Å². The summed E-state index contributed by atoms with van der Waals surface area (Å²) < 4.78 is 0.925. The summed E-state index contributed by atoms with van der Waals surface area (Å²) in [5.41, 5.74) is 0.319. The van der Waals surface area contributed by atoms with Crippen molar-refractivity contribution in [2.75, 3.05) is 5.32 Å². The van der Waals surface area contributed by atoms with Crippen LogP contribution in [0.2, 0.25) is 5.02 Å². The number of halogens is 2. The lowest BCUT2D eigenvalue weighted by Crippen LogP contribution is -2.42. The van der Waals surface area contributed by atoms with Crippen molar-refractivity contribution in [3.63, 3.8) is 0 Å². The predicted molar refractivity (Wildman–Crippen MR) is 99.9 cm³/mol. The summed E-state index contributed by atoms with van der Waals surface area (Å²) in [5.74, 6) is -1.68. The second-order valence-electron chi connectivity index (χ2n) is 5.92. The van der Waals surface area contributed by atoms with Crippen LogP contribution in [0.5, 0.6) is 0 Å². The third-order valence-corrected chi connectivity index (χ3v) is 4.96. The predicted octanol–water partition coefficient (Wildman–Crippen LogP) is 3.75. The third kappa shape index (κ3) is 3.86. The van der Waals surface area contributed by atoms with Gasteiger partial charge in [0, 0.05) is 16.6 Å². The average molecular weight is 439 g/mol. The van der Waals surface area contributed by atoms with Gasteiger partial charge in [-0.05, 0) is 36.6 Å². The van der Waals surface area contributed by atoms with E-state index in [0.717, 1.165) is 28.9 Å². The molecule has 0 saturated heterocycles. The summed E-state index contributed by atoms with van der Waals surface area (Å²) in [6.45, 7) is 0. The van der Waals surface area contributed by atoms with Gasteiger partial charge < -0.3 is 10.6 Å². The maximum absolute atomic E-state index is 12.2. The van der Waals surface area contributed by atoms with Crippen molar-refractivity contribution in [2.45, 2.75) is 18.4 Å². The third-order valence-electron chi connectivity index (χ3n) is 4.12. The van der Waals surface area contributed by atoms with Crippen LogP contribution in [0.25, 0.3) is 0 Å². The number of nitrogens with zero attached hydrogens (tertiary/aromatic N) is 1. The van der Waals surface area contributed by atoms with E-state index >= 15 is 0 Å². The number of nitro groups is 1. The van der Waals surface area contributed by atoms with Gasteiger partial charge in [-0.3, -0.25) is 19.7 Å². The minimum absolute atomic E-state index is 0.0191. The number of hydrogen-bond acceptors (Lipinski definition) is 4. The van der Waals surface area contributed by atoms with Crippen LogP contribution in [-0.2, 0) is 15.1 Å². The van der Waals surface area contributed by atoms with Crippen LogP contribution in [0.4, 0.5) is 11.4 Å². The summed E-state index contributed by atoms with van der Waals surface area (Å²) in [6.07, 6.45) is 1.48. The van der Waals surface area contributed by atoms with Crippen molar-refractivity contribution < 1.29 is 14.5 Å². The molecule has 0 bridgehead atoms. The molecule has 0 radical (unpaired) electrons. The molecule has 0 atom stereocenters. The molecule has 1 saturated carbocycles. The quantitative estimate of drug-likeness (QED) is 0.431. The number of carbonyl (C=O) groups excluding carboxylic acids is 2. The van der Waals surface area contributed by atoms with Gasteiger partial charge in [-0.1, -0.05) is 39.7 Å². The molecule has 26 heavy (non-hydrogen) atoms. The van der Waals surface area contributed by atoms with Crippen LogP contribution in [0.1, 0.15) is 18.4 Å². The zero-order valence-electron chi connectivity index (χ0n) is 13.3. The Morgan fingerprint density at radius 1 is 1.12 bits per heavy atom. The van der Waals surface area contributed by atoms with E-state index in [0.29, 0.717) is 0 Å². The van der Waals surface area contributed by atoms with Gasteiger partial charge in [-0.15, -0.1) is 0 Å². The van der Waals surface area contributed by atoms with E-state index in [2.05, 4.69) is 26.6 Å². The molecule has 7 nitrogen and oxygen atoms in total. The van der Waals surface area contributed by atoms with Crippen molar-refractivity contribution in [1.29, 1.82) is 0 Å². The van der Waals surface area contributed by atoms with E-state index in [1.165, 1.54) is 12.1 Å². The summed E-state index contributed by atoms with van der Waals surface area (Å²) in [4.78, 5) is 34.5. The molecule has 9 heteroatoms. The molecule has 2 aromatic rings. The van der Waals surface area contributed by atoms with Crippen molar-refractivity contribution in [1.82, 2.24) is 5.32 Å². The van der Waals surface area contributed by atoms with E-state index in [4.69, 9.17) is 11.6 Å². The van der Waals surface area contributed by atoms with E-state index in [-0.39, 0.29) is 16.4 Å². The first-order valence-electron chi connectivity index (χ1n) is 7.64. The Hall–Kier alpha value is -2.45. The molecule has 1 aliphatic carbocycles. The fraction of sp³-hybridized carbons (Fsp3) is 0.176. The van der Waals surface area contributed by atoms with Gasteiger partial charge in [0.25, 0.3) is 5.69 Å².